The van der Waals surface area contributed by atoms with Gasteiger partial charge in [-0.25, -0.2) is 0 Å². The molecule has 0 bridgehead atoms. The summed E-state index contributed by atoms with van der Waals surface area (Å²) in [7, 11) is 0. The number of aromatic nitrogens is 1. The lowest BCUT2D eigenvalue weighted by atomic mass is 9.58. The Morgan fingerprint density at radius 1 is 1.71 bits per heavy atom. The predicted octanol–water partition coefficient (Wildman–Crippen LogP) is 1.83. The predicted molar refractivity (Wildman–Crippen MR) is 51.9 cm³/mol. The Labute approximate surface area is 82.8 Å². The highest BCUT2D eigenvalue weighted by Crippen LogP contribution is 2.48. The van der Waals surface area contributed by atoms with Crippen molar-refractivity contribution in [2.75, 3.05) is 0 Å². The zero-order valence-electron chi connectivity index (χ0n) is 8.10. The zero-order chi connectivity index (χ0) is 10.2. The van der Waals surface area contributed by atoms with E-state index in [0.717, 1.165) is 18.4 Å². The monoisotopic (exact) mass is 191 g/mol. The van der Waals surface area contributed by atoms with Crippen molar-refractivity contribution in [1.29, 1.82) is 0 Å². The first kappa shape index (κ1) is 9.19. The van der Waals surface area contributed by atoms with Gasteiger partial charge in [-0.05, 0) is 30.4 Å². The first-order valence-corrected chi connectivity index (χ1v) is 4.82. The third-order valence-electron chi connectivity index (χ3n) is 3.37. The molecule has 2 unspecified atom stereocenters. The highest BCUT2D eigenvalue weighted by molar-refractivity contribution is 5.83. The fraction of sp³-hybridized carbons (Fsp3) is 0.455. The van der Waals surface area contributed by atoms with Gasteiger partial charge < -0.3 is 5.11 Å². The third kappa shape index (κ3) is 1.05. The van der Waals surface area contributed by atoms with Crippen molar-refractivity contribution in [2.45, 2.75) is 25.2 Å². The molecule has 1 N–H and O–H groups in total. The molecular weight excluding hydrogens is 178 g/mol. The van der Waals surface area contributed by atoms with E-state index in [2.05, 4.69) is 4.98 Å². The number of pyridine rings is 1. The van der Waals surface area contributed by atoms with Gasteiger partial charge in [-0.3, -0.25) is 9.78 Å². The van der Waals surface area contributed by atoms with Gasteiger partial charge in [0.05, 0.1) is 5.41 Å². The lowest BCUT2D eigenvalue weighted by Crippen LogP contribution is -2.49. The summed E-state index contributed by atoms with van der Waals surface area (Å²) >= 11 is 0. The molecule has 2 rings (SSSR count). The molecule has 3 nitrogen and oxygen atoms in total. The van der Waals surface area contributed by atoms with Crippen LogP contribution in [-0.4, -0.2) is 16.1 Å². The van der Waals surface area contributed by atoms with Gasteiger partial charge >= 0.3 is 5.97 Å². The summed E-state index contributed by atoms with van der Waals surface area (Å²) in [6.45, 7) is 1.99. The highest BCUT2D eigenvalue weighted by atomic mass is 16.4. The van der Waals surface area contributed by atoms with Crippen molar-refractivity contribution in [3.8, 4) is 0 Å². The van der Waals surface area contributed by atoms with Crippen LogP contribution in [0.5, 0.6) is 0 Å². The second-order valence-corrected chi connectivity index (χ2v) is 3.96. The van der Waals surface area contributed by atoms with E-state index in [1.165, 1.54) is 0 Å². The number of hydrogen-bond donors (Lipinski definition) is 1. The van der Waals surface area contributed by atoms with E-state index >= 15 is 0 Å². The van der Waals surface area contributed by atoms with Crippen molar-refractivity contribution >= 4 is 5.97 Å². The molecule has 1 saturated carbocycles. The number of carboxylic acids is 1. The maximum Gasteiger partial charge on any atom is 0.314 e. The van der Waals surface area contributed by atoms with Crippen molar-refractivity contribution in [1.82, 2.24) is 4.98 Å². The summed E-state index contributed by atoms with van der Waals surface area (Å²) in [4.78, 5) is 15.3. The third-order valence-corrected chi connectivity index (χ3v) is 3.37. The van der Waals surface area contributed by atoms with Gasteiger partial charge in [0.15, 0.2) is 0 Å². The molecule has 0 amide bonds. The summed E-state index contributed by atoms with van der Waals surface area (Å²) in [6, 6.07) is 3.65. The molecular formula is C11H13NO2. The van der Waals surface area contributed by atoms with Crippen molar-refractivity contribution < 1.29 is 9.90 Å². The minimum Gasteiger partial charge on any atom is -0.481 e. The van der Waals surface area contributed by atoms with E-state index in [1.807, 2.05) is 13.0 Å². The van der Waals surface area contributed by atoms with Crippen LogP contribution < -0.4 is 0 Å². The summed E-state index contributed by atoms with van der Waals surface area (Å²) in [5, 5.41) is 9.28. The van der Waals surface area contributed by atoms with Crippen LogP contribution in [-0.2, 0) is 10.2 Å². The largest absolute Gasteiger partial charge is 0.481 e. The van der Waals surface area contributed by atoms with E-state index in [9.17, 15) is 9.90 Å². The lowest BCUT2D eigenvalue weighted by Gasteiger charge is -2.44. The smallest absolute Gasteiger partial charge is 0.314 e. The van der Waals surface area contributed by atoms with Crippen LogP contribution in [0, 0.1) is 5.92 Å². The van der Waals surface area contributed by atoms with Gasteiger partial charge in [-0.1, -0.05) is 13.0 Å². The van der Waals surface area contributed by atoms with Crippen LogP contribution >= 0.6 is 0 Å². The summed E-state index contributed by atoms with van der Waals surface area (Å²) < 4.78 is 0. The molecule has 1 fully saturated rings. The molecule has 1 aliphatic carbocycles. The second-order valence-electron chi connectivity index (χ2n) is 3.96. The van der Waals surface area contributed by atoms with Crippen LogP contribution in [0.3, 0.4) is 0 Å². The maximum atomic E-state index is 11.3. The number of hydrogen-bond acceptors (Lipinski definition) is 2. The number of nitrogens with zero attached hydrogens (tertiary/aromatic N) is 1. The van der Waals surface area contributed by atoms with Gasteiger partial charge in [0.25, 0.3) is 0 Å². The highest BCUT2D eigenvalue weighted by Gasteiger charge is 2.51. The molecule has 2 atom stereocenters. The van der Waals surface area contributed by atoms with Gasteiger partial charge in [-0.15, -0.1) is 0 Å². The first-order valence-electron chi connectivity index (χ1n) is 4.82. The molecule has 0 aromatic carbocycles. The molecule has 1 aliphatic rings. The number of carboxylic acid groups (broad SMARTS) is 1. The Kier molecular flexibility index (Phi) is 2.02. The Balaban J connectivity index is 2.43. The molecule has 14 heavy (non-hydrogen) atoms. The Morgan fingerprint density at radius 2 is 2.50 bits per heavy atom. The summed E-state index contributed by atoms with van der Waals surface area (Å²) in [5.41, 5.74) is 0.167. The van der Waals surface area contributed by atoms with Crippen LogP contribution in [0.25, 0.3) is 0 Å². The molecule has 1 aromatic rings. The van der Waals surface area contributed by atoms with Crippen LogP contribution in [0.4, 0.5) is 0 Å². The molecule has 0 radical (unpaired) electrons. The Hall–Kier alpha value is -1.38. The standard InChI is InChI=1S/C11H13NO2/c1-8-4-5-11(8,10(13)14)9-3-2-6-12-7-9/h2-3,6-8H,4-5H2,1H3,(H,13,14). The molecule has 3 heteroatoms. The van der Waals surface area contributed by atoms with E-state index in [-0.39, 0.29) is 5.92 Å². The number of aliphatic carboxylic acids is 1. The average Bonchev–Trinajstić information content (AvgIpc) is 2.17. The fourth-order valence-corrected chi connectivity index (χ4v) is 2.22. The van der Waals surface area contributed by atoms with Gasteiger partial charge in [0, 0.05) is 12.4 Å². The SMILES string of the molecule is CC1CCC1(C(=O)O)c1cccnc1. The zero-order valence-corrected chi connectivity index (χ0v) is 8.10. The van der Waals surface area contributed by atoms with E-state index < -0.39 is 11.4 Å². The van der Waals surface area contributed by atoms with Gasteiger partial charge in [-0.2, -0.15) is 0 Å². The average molecular weight is 191 g/mol. The lowest BCUT2D eigenvalue weighted by molar-refractivity contribution is -0.151. The maximum absolute atomic E-state index is 11.3. The summed E-state index contributed by atoms with van der Waals surface area (Å²) in [6.07, 6.45) is 5.06. The molecule has 0 spiro atoms. The number of carbonyl (C=O) groups is 1. The molecule has 74 valence electrons. The Morgan fingerprint density at radius 3 is 2.86 bits per heavy atom. The Bertz CT molecular complexity index is 350. The first-order chi connectivity index (χ1) is 6.68. The van der Waals surface area contributed by atoms with Crippen molar-refractivity contribution in [3.63, 3.8) is 0 Å². The fourth-order valence-electron chi connectivity index (χ4n) is 2.22. The van der Waals surface area contributed by atoms with Crippen LogP contribution in [0.1, 0.15) is 25.3 Å². The molecule has 1 heterocycles. The molecule has 0 aliphatic heterocycles. The van der Waals surface area contributed by atoms with E-state index in [1.54, 1.807) is 18.5 Å². The molecule has 1 aromatic heterocycles. The van der Waals surface area contributed by atoms with Gasteiger partial charge in [0.2, 0.25) is 0 Å². The topological polar surface area (TPSA) is 50.2 Å². The van der Waals surface area contributed by atoms with Crippen LogP contribution in [0.15, 0.2) is 24.5 Å². The van der Waals surface area contributed by atoms with Gasteiger partial charge in [0.1, 0.15) is 0 Å². The minimum atomic E-state index is -0.718. The van der Waals surface area contributed by atoms with Crippen molar-refractivity contribution in [2.24, 2.45) is 5.92 Å². The van der Waals surface area contributed by atoms with E-state index in [4.69, 9.17) is 0 Å². The quantitative estimate of drug-likeness (QED) is 0.775. The second kappa shape index (κ2) is 3.08. The minimum absolute atomic E-state index is 0.212. The van der Waals surface area contributed by atoms with Crippen LogP contribution in [0.2, 0.25) is 0 Å². The van der Waals surface area contributed by atoms with E-state index in [0.29, 0.717) is 0 Å². The number of rotatable bonds is 2. The normalized spacial score (nSPS) is 30.8. The summed E-state index contributed by atoms with van der Waals surface area (Å²) in [5.74, 6) is -0.506. The molecule has 0 saturated heterocycles. The van der Waals surface area contributed by atoms with Crippen molar-refractivity contribution in [3.05, 3.63) is 30.1 Å².